The molecule has 0 aromatic carbocycles. The maximum absolute atomic E-state index is 11.6. The monoisotopic (exact) mass is 342 g/mol. The highest BCUT2D eigenvalue weighted by molar-refractivity contribution is 5.73. The lowest BCUT2D eigenvalue weighted by Crippen LogP contribution is -2.41. The lowest BCUT2D eigenvalue weighted by molar-refractivity contribution is -0.136. The minimum atomic E-state index is -0.222. The number of nitrogens with one attached hydrogen (secondary N) is 1. The highest BCUT2D eigenvalue weighted by Crippen LogP contribution is 2.22. The molecule has 3 heterocycles. The van der Waals surface area contributed by atoms with Crippen molar-refractivity contribution in [1.82, 2.24) is 24.8 Å². The smallest absolute Gasteiger partial charge is 0.219 e. The van der Waals surface area contributed by atoms with Crippen LogP contribution in [-0.2, 0) is 16.0 Å². The van der Waals surface area contributed by atoms with Gasteiger partial charge < -0.3 is 15.0 Å². The zero-order valence-corrected chi connectivity index (χ0v) is 14.5. The average molecular weight is 342 g/mol. The number of morpholine rings is 1. The summed E-state index contributed by atoms with van der Waals surface area (Å²) < 4.78 is 5.80. The molecule has 3 rings (SSSR count). The van der Waals surface area contributed by atoms with Crippen LogP contribution >= 0.6 is 0 Å². The Morgan fingerprint density at radius 2 is 2.28 bits per heavy atom. The lowest BCUT2D eigenvalue weighted by atomic mass is 10.2. The van der Waals surface area contributed by atoms with Gasteiger partial charge in [-0.25, -0.2) is 9.97 Å². The van der Waals surface area contributed by atoms with Crippen LogP contribution in [0.15, 0.2) is 24.7 Å². The summed E-state index contributed by atoms with van der Waals surface area (Å²) in [6.07, 6.45) is 5.63. The van der Waals surface area contributed by atoms with Gasteiger partial charge >= 0.3 is 0 Å². The molecule has 1 aliphatic heterocycles. The van der Waals surface area contributed by atoms with E-state index < -0.39 is 0 Å². The molecule has 8 heteroatoms. The molecule has 1 N–H and O–H groups in total. The Morgan fingerprint density at radius 3 is 3.04 bits per heavy atom. The first-order valence-electron chi connectivity index (χ1n) is 8.33. The number of hydrogen-bond donors (Lipinski definition) is 1. The molecule has 2 aromatic heterocycles. The molecule has 1 fully saturated rings. The molecule has 0 bridgehead atoms. The van der Waals surface area contributed by atoms with Gasteiger partial charge in [-0.05, 0) is 6.92 Å². The van der Waals surface area contributed by atoms with E-state index in [-0.39, 0.29) is 12.0 Å². The van der Waals surface area contributed by atoms with Crippen LogP contribution in [-0.4, -0.2) is 57.0 Å². The molecule has 1 saturated heterocycles. The van der Waals surface area contributed by atoms with Gasteiger partial charge in [0.1, 0.15) is 17.7 Å². The number of carbonyl (C=O) groups excluding carboxylic acids is 1. The molecule has 1 atom stereocenters. The van der Waals surface area contributed by atoms with Crippen LogP contribution in [0, 0.1) is 6.92 Å². The van der Waals surface area contributed by atoms with Crippen molar-refractivity contribution >= 4 is 11.7 Å². The first-order valence-corrected chi connectivity index (χ1v) is 8.33. The number of aromatic nitrogens is 4. The summed E-state index contributed by atoms with van der Waals surface area (Å²) in [5, 5.41) is 3.29. The molecule has 2 aromatic rings. The number of aryl methyl sites for hydroxylation is 1. The van der Waals surface area contributed by atoms with E-state index in [4.69, 9.17) is 4.74 Å². The fourth-order valence-electron chi connectivity index (χ4n) is 2.74. The Labute approximate surface area is 146 Å². The van der Waals surface area contributed by atoms with Gasteiger partial charge in [0, 0.05) is 51.1 Å². The lowest BCUT2D eigenvalue weighted by Gasteiger charge is -2.32. The molecule has 0 spiro atoms. The second kappa shape index (κ2) is 7.98. The summed E-state index contributed by atoms with van der Waals surface area (Å²) in [5.41, 5.74) is 1.72. The fraction of sp³-hybridized carbons (Fsp3) is 0.471. The number of rotatable bonds is 5. The quantitative estimate of drug-likeness (QED) is 0.871. The van der Waals surface area contributed by atoms with Crippen LogP contribution in [0.1, 0.15) is 30.2 Å². The highest BCUT2D eigenvalue weighted by atomic mass is 16.5. The second-order valence-electron chi connectivity index (χ2n) is 5.92. The molecule has 132 valence electrons. The Kier molecular flexibility index (Phi) is 5.49. The van der Waals surface area contributed by atoms with Crippen LogP contribution in [0.4, 0.5) is 5.82 Å². The number of carbonyl (C=O) groups is 1. The van der Waals surface area contributed by atoms with Gasteiger partial charge in [-0.2, -0.15) is 0 Å². The zero-order valence-electron chi connectivity index (χ0n) is 14.5. The SMILES string of the molecule is CC(=O)N1CCO[C@@H](c2cc(NCCc3cnccn3)nc(C)n2)C1. The maximum Gasteiger partial charge on any atom is 0.219 e. The van der Waals surface area contributed by atoms with Crippen LogP contribution < -0.4 is 5.32 Å². The first kappa shape index (κ1) is 17.2. The van der Waals surface area contributed by atoms with Crippen LogP contribution in [0.5, 0.6) is 0 Å². The molecule has 0 radical (unpaired) electrons. The average Bonchev–Trinajstić information content (AvgIpc) is 2.62. The van der Waals surface area contributed by atoms with Gasteiger partial charge in [-0.15, -0.1) is 0 Å². The number of amides is 1. The predicted molar refractivity (Wildman–Crippen MR) is 91.9 cm³/mol. The standard InChI is InChI=1S/C17H22N6O2/c1-12-21-15(16-11-23(13(2)24)7-8-25-16)9-17(22-12)20-4-3-14-10-18-5-6-19-14/h5-6,9-10,16H,3-4,7-8,11H2,1-2H3,(H,20,21,22)/t16-/m1/s1. The van der Waals surface area contributed by atoms with Crippen molar-refractivity contribution in [2.24, 2.45) is 0 Å². The molecule has 8 nitrogen and oxygen atoms in total. The van der Waals surface area contributed by atoms with E-state index in [1.165, 1.54) is 0 Å². The van der Waals surface area contributed by atoms with E-state index in [1.807, 2.05) is 13.0 Å². The minimum absolute atomic E-state index is 0.0568. The van der Waals surface area contributed by atoms with Crippen LogP contribution in [0.25, 0.3) is 0 Å². The Bertz CT molecular complexity index is 724. The third kappa shape index (κ3) is 4.69. The van der Waals surface area contributed by atoms with Crippen molar-refractivity contribution in [2.45, 2.75) is 26.4 Å². The topological polar surface area (TPSA) is 93.1 Å². The second-order valence-corrected chi connectivity index (χ2v) is 5.92. The summed E-state index contributed by atoms with van der Waals surface area (Å²) >= 11 is 0. The predicted octanol–water partition coefficient (Wildman–Crippen LogP) is 1.15. The van der Waals surface area contributed by atoms with E-state index in [9.17, 15) is 4.79 Å². The summed E-state index contributed by atoms with van der Waals surface area (Å²) in [7, 11) is 0. The van der Waals surface area contributed by atoms with Crippen molar-refractivity contribution in [1.29, 1.82) is 0 Å². The van der Waals surface area contributed by atoms with Gasteiger partial charge in [0.25, 0.3) is 0 Å². The van der Waals surface area contributed by atoms with Gasteiger partial charge in [-0.3, -0.25) is 14.8 Å². The Hall–Kier alpha value is -2.61. The largest absolute Gasteiger partial charge is 0.370 e. The summed E-state index contributed by atoms with van der Waals surface area (Å²) in [6.45, 7) is 5.78. The molecule has 1 aliphatic rings. The fourth-order valence-corrected chi connectivity index (χ4v) is 2.74. The maximum atomic E-state index is 11.6. The first-order chi connectivity index (χ1) is 12.1. The third-order valence-electron chi connectivity index (χ3n) is 4.00. The molecular formula is C17H22N6O2. The van der Waals surface area contributed by atoms with Gasteiger partial charge in [0.05, 0.1) is 24.5 Å². The number of nitrogens with zero attached hydrogens (tertiary/aromatic N) is 5. The molecular weight excluding hydrogens is 320 g/mol. The summed E-state index contributed by atoms with van der Waals surface area (Å²) in [4.78, 5) is 30.6. The minimum Gasteiger partial charge on any atom is -0.370 e. The van der Waals surface area contributed by atoms with E-state index >= 15 is 0 Å². The normalized spacial score (nSPS) is 17.4. The van der Waals surface area contributed by atoms with Gasteiger partial charge in [0.2, 0.25) is 5.91 Å². The number of ether oxygens (including phenoxy) is 1. The van der Waals surface area contributed by atoms with Crippen LogP contribution in [0.3, 0.4) is 0 Å². The molecule has 0 aliphatic carbocycles. The molecule has 0 unspecified atom stereocenters. The van der Waals surface area contributed by atoms with E-state index in [2.05, 4.69) is 25.3 Å². The Morgan fingerprint density at radius 1 is 1.40 bits per heavy atom. The van der Waals surface area contributed by atoms with Crippen molar-refractivity contribution in [3.8, 4) is 0 Å². The van der Waals surface area contributed by atoms with Crippen LogP contribution in [0.2, 0.25) is 0 Å². The number of anilines is 1. The van der Waals surface area contributed by atoms with Gasteiger partial charge in [-0.1, -0.05) is 0 Å². The van der Waals surface area contributed by atoms with E-state index in [0.717, 1.165) is 23.6 Å². The third-order valence-corrected chi connectivity index (χ3v) is 4.00. The van der Waals surface area contributed by atoms with Crippen molar-refractivity contribution < 1.29 is 9.53 Å². The van der Waals surface area contributed by atoms with Crippen molar-refractivity contribution in [3.63, 3.8) is 0 Å². The Balaban J connectivity index is 1.64. The van der Waals surface area contributed by atoms with Gasteiger partial charge in [0.15, 0.2) is 0 Å². The van der Waals surface area contributed by atoms with Crippen molar-refractivity contribution in [2.75, 3.05) is 31.6 Å². The highest BCUT2D eigenvalue weighted by Gasteiger charge is 2.25. The van der Waals surface area contributed by atoms with Crippen molar-refractivity contribution in [3.05, 3.63) is 41.9 Å². The number of hydrogen-bond acceptors (Lipinski definition) is 7. The van der Waals surface area contributed by atoms with E-state index in [0.29, 0.717) is 32.1 Å². The summed E-state index contributed by atoms with van der Waals surface area (Å²) in [6, 6.07) is 1.89. The molecule has 0 saturated carbocycles. The molecule has 25 heavy (non-hydrogen) atoms. The molecule has 1 amide bonds. The van der Waals surface area contributed by atoms with E-state index in [1.54, 1.807) is 30.4 Å². The summed E-state index contributed by atoms with van der Waals surface area (Å²) in [5.74, 6) is 1.47. The zero-order chi connectivity index (χ0) is 17.6.